The van der Waals surface area contributed by atoms with Crippen LogP contribution in [0.25, 0.3) is 55.8 Å². The molecule has 6 heterocycles. The number of aromatic amines is 2. The van der Waals surface area contributed by atoms with Gasteiger partial charge < -0.3 is 10.3 Å². The van der Waals surface area contributed by atoms with Crippen molar-refractivity contribution in [1.29, 1.82) is 0 Å². The van der Waals surface area contributed by atoms with Crippen molar-refractivity contribution in [3.05, 3.63) is 71.3 Å². The summed E-state index contributed by atoms with van der Waals surface area (Å²) in [5.41, 5.74) is 9.52. The molecular weight excluding hydrogens is 430 g/mol. The number of thiophene rings is 1. The van der Waals surface area contributed by atoms with Crippen molar-refractivity contribution < 1.29 is 0 Å². The average molecular weight is 452 g/mol. The lowest BCUT2D eigenvalue weighted by atomic mass is 10.1. The lowest BCUT2D eigenvalue weighted by molar-refractivity contribution is 0.724. The van der Waals surface area contributed by atoms with Crippen LogP contribution in [0.1, 0.15) is 12.5 Å². The van der Waals surface area contributed by atoms with Crippen molar-refractivity contribution in [2.24, 2.45) is 0 Å². The van der Waals surface area contributed by atoms with Crippen molar-refractivity contribution in [2.45, 2.75) is 13.5 Å². The normalized spacial score (nSPS) is 11.5. The van der Waals surface area contributed by atoms with Crippen LogP contribution in [0.5, 0.6) is 0 Å². The minimum Gasteiger partial charge on any atom is -0.338 e. The molecule has 6 rings (SSSR count). The van der Waals surface area contributed by atoms with Gasteiger partial charge in [0.2, 0.25) is 0 Å². The molecule has 0 fully saturated rings. The quantitative estimate of drug-likeness (QED) is 0.315. The Kier molecular flexibility index (Phi) is 4.93. The Morgan fingerprint density at radius 1 is 1.06 bits per heavy atom. The van der Waals surface area contributed by atoms with Gasteiger partial charge in [-0.25, -0.2) is 9.97 Å². The van der Waals surface area contributed by atoms with Gasteiger partial charge in [-0.1, -0.05) is 6.92 Å². The predicted molar refractivity (Wildman–Crippen MR) is 133 cm³/mol. The molecule has 0 unspecified atom stereocenters. The van der Waals surface area contributed by atoms with E-state index in [-0.39, 0.29) is 0 Å². The predicted octanol–water partition coefficient (Wildman–Crippen LogP) is 5.40. The first-order valence-electron chi connectivity index (χ1n) is 10.8. The van der Waals surface area contributed by atoms with Gasteiger partial charge in [0.25, 0.3) is 0 Å². The second kappa shape index (κ2) is 8.23. The van der Waals surface area contributed by atoms with E-state index in [0.29, 0.717) is 0 Å². The lowest BCUT2D eigenvalue weighted by Crippen LogP contribution is -2.11. The molecule has 0 saturated heterocycles. The number of nitrogens with zero attached hydrogens (tertiary/aromatic N) is 4. The van der Waals surface area contributed by atoms with Gasteiger partial charge in [0, 0.05) is 36.1 Å². The highest BCUT2D eigenvalue weighted by molar-refractivity contribution is 7.08. The molecule has 0 atom stereocenters. The van der Waals surface area contributed by atoms with E-state index in [2.05, 4.69) is 72.4 Å². The molecule has 7 nitrogen and oxygen atoms in total. The second-order valence-corrected chi connectivity index (χ2v) is 8.62. The summed E-state index contributed by atoms with van der Waals surface area (Å²) in [4.78, 5) is 17.3. The number of pyridine rings is 3. The van der Waals surface area contributed by atoms with Crippen molar-refractivity contribution >= 4 is 33.4 Å². The summed E-state index contributed by atoms with van der Waals surface area (Å²) in [6.45, 7) is 3.79. The molecule has 0 spiro atoms. The molecule has 6 aromatic rings. The van der Waals surface area contributed by atoms with Crippen LogP contribution < -0.4 is 5.32 Å². The van der Waals surface area contributed by atoms with Crippen LogP contribution >= 0.6 is 11.3 Å². The number of H-pyrrole nitrogens is 2. The first-order chi connectivity index (χ1) is 16.3. The zero-order valence-corrected chi connectivity index (χ0v) is 18.8. The zero-order chi connectivity index (χ0) is 22.2. The van der Waals surface area contributed by atoms with Crippen molar-refractivity contribution in [2.75, 3.05) is 6.54 Å². The number of nitrogens with one attached hydrogen (secondary N) is 3. The van der Waals surface area contributed by atoms with Crippen LogP contribution in [0, 0.1) is 0 Å². The SMILES string of the molecule is CCNCc1cncc(-c2ccc3[nH]nc(-c4cc5c(-c6ccsc6)ccnc5[nH]4)c3n2)c1. The van der Waals surface area contributed by atoms with Crippen LogP contribution in [0.3, 0.4) is 0 Å². The maximum atomic E-state index is 4.95. The Bertz CT molecular complexity index is 1560. The molecule has 0 amide bonds. The Balaban J connectivity index is 1.44. The van der Waals surface area contributed by atoms with Crippen LogP contribution in [0.2, 0.25) is 0 Å². The zero-order valence-electron chi connectivity index (χ0n) is 18.0. The molecule has 0 radical (unpaired) electrons. The van der Waals surface area contributed by atoms with E-state index >= 15 is 0 Å². The van der Waals surface area contributed by atoms with Crippen molar-refractivity contribution in [3.63, 3.8) is 0 Å². The van der Waals surface area contributed by atoms with Gasteiger partial charge in [0.05, 0.1) is 16.9 Å². The third-order valence-electron chi connectivity index (χ3n) is 5.70. The number of fused-ring (bicyclic) bond motifs is 2. The lowest BCUT2D eigenvalue weighted by Gasteiger charge is -2.05. The Morgan fingerprint density at radius 2 is 2.03 bits per heavy atom. The van der Waals surface area contributed by atoms with Crippen molar-refractivity contribution in [3.8, 4) is 33.8 Å². The Labute approximate surface area is 194 Å². The van der Waals surface area contributed by atoms with E-state index in [1.54, 1.807) is 11.3 Å². The minimum atomic E-state index is 0.776. The average Bonchev–Trinajstić information content (AvgIpc) is 3.61. The van der Waals surface area contributed by atoms with E-state index in [1.165, 1.54) is 5.56 Å². The van der Waals surface area contributed by atoms with Crippen LogP contribution in [0.4, 0.5) is 0 Å². The second-order valence-electron chi connectivity index (χ2n) is 7.84. The highest BCUT2D eigenvalue weighted by Gasteiger charge is 2.16. The van der Waals surface area contributed by atoms with Crippen LogP contribution in [-0.4, -0.2) is 36.7 Å². The number of rotatable bonds is 6. The Morgan fingerprint density at radius 3 is 2.91 bits per heavy atom. The maximum absolute atomic E-state index is 4.95. The summed E-state index contributed by atoms with van der Waals surface area (Å²) in [5.74, 6) is 0. The standard InChI is InChI=1S/C25H21N7S/c1-2-26-11-15-9-17(13-27-12-15)20-3-4-21-23(29-20)24(32-31-21)22-10-19-18(16-6-8-33-14-16)5-7-28-25(19)30-22/h3-10,12-14,26H,2,11H2,1H3,(H,28,30)(H,31,32). The molecule has 0 aliphatic heterocycles. The van der Waals surface area contributed by atoms with Crippen molar-refractivity contribution in [1.82, 2.24) is 35.5 Å². The van der Waals surface area contributed by atoms with E-state index in [9.17, 15) is 0 Å². The number of aromatic nitrogens is 6. The third-order valence-corrected chi connectivity index (χ3v) is 6.38. The van der Waals surface area contributed by atoms with E-state index in [1.807, 2.05) is 30.7 Å². The number of hydrogen-bond donors (Lipinski definition) is 3. The van der Waals surface area contributed by atoms with Gasteiger partial charge in [-0.3, -0.25) is 10.1 Å². The molecule has 0 aliphatic rings. The van der Waals surface area contributed by atoms with Gasteiger partial charge in [0.15, 0.2) is 0 Å². The largest absolute Gasteiger partial charge is 0.338 e. The molecule has 6 aromatic heterocycles. The molecule has 162 valence electrons. The van der Waals surface area contributed by atoms with E-state index in [0.717, 1.165) is 68.9 Å². The first-order valence-corrected chi connectivity index (χ1v) is 11.8. The fraction of sp³-hybridized carbons (Fsp3) is 0.120. The first kappa shape index (κ1) is 19.8. The summed E-state index contributed by atoms with van der Waals surface area (Å²) >= 11 is 1.69. The van der Waals surface area contributed by atoms with Crippen LogP contribution in [-0.2, 0) is 6.54 Å². The molecular formula is C25H21N7S. The summed E-state index contributed by atoms with van der Waals surface area (Å²) in [6, 6.07) is 12.4. The molecule has 0 saturated carbocycles. The minimum absolute atomic E-state index is 0.776. The molecule has 3 N–H and O–H groups in total. The monoisotopic (exact) mass is 451 g/mol. The van der Waals surface area contributed by atoms with Gasteiger partial charge >= 0.3 is 0 Å². The summed E-state index contributed by atoms with van der Waals surface area (Å²) in [7, 11) is 0. The van der Waals surface area contributed by atoms with E-state index in [4.69, 9.17) is 4.98 Å². The van der Waals surface area contributed by atoms with E-state index < -0.39 is 0 Å². The summed E-state index contributed by atoms with van der Waals surface area (Å²) in [5, 5.41) is 16.3. The summed E-state index contributed by atoms with van der Waals surface area (Å²) < 4.78 is 0. The Hall–Kier alpha value is -3.88. The van der Waals surface area contributed by atoms with Gasteiger partial charge in [-0.05, 0) is 70.4 Å². The molecule has 8 heteroatoms. The van der Waals surface area contributed by atoms with Gasteiger partial charge in [-0.15, -0.1) is 0 Å². The smallest absolute Gasteiger partial charge is 0.138 e. The molecule has 0 bridgehead atoms. The van der Waals surface area contributed by atoms with Gasteiger partial charge in [0.1, 0.15) is 16.9 Å². The van der Waals surface area contributed by atoms with Gasteiger partial charge in [-0.2, -0.15) is 16.4 Å². The highest BCUT2D eigenvalue weighted by Crippen LogP contribution is 2.34. The molecule has 33 heavy (non-hydrogen) atoms. The molecule has 0 aliphatic carbocycles. The topological polar surface area (TPSA) is 95.2 Å². The third kappa shape index (κ3) is 3.59. The van der Waals surface area contributed by atoms with Crippen LogP contribution in [0.15, 0.2) is 65.7 Å². The fourth-order valence-corrected chi connectivity index (χ4v) is 4.72. The maximum Gasteiger partial charge on any atom is 0.138 e. The number of hydrogen-bond acceptors (Lipinski definition) is 6. The molecule has 0 aromatic carbocycles. The summed E-state index contributed by atoms with van der Waals surface area (Å²) in [6.07, 6.45) is 5.57. The fourth-order valence-electron chi connectivity index (χ4n) is 4.07. The highest BCUT2D eigenvalue weighted by atomic mass is 32.1.